The third kappa shape index (κ3) is 54.4. The molecule has 0 fully saturated rings. The molecule has 0 aromatic heterocycles. The van der Waals surface area contributed by atoms with Crippen LogP contribution in [0.2, 0.25) is 8.87 Å². The minimum atomic E-state index is -4.30. The third-order valence-corrected chi connectivity index (χ3v) is 44.0. The molecule has 568 valence electrons. The maximum absolute atomic E-state index is 13.3. The molecule has 0 saturated carbocycles. The van der Waals surface area contributed by atoms with E-state index >= 15 is 0 Å². The first-order valence-electron chi connectivity index (χ1n) is 40.8. The van der Waals surface area contributed by atoms with Gasteiger partial charge >= 0.3 is 600 Å². The molecule has 0 saturated heterocycles. The molecule has 2 aromatic carbocycles. The smallest absolute Gasteiger partial charge is 0.0654 e. The second-order valence-corrected chi connectivity index (χ2v) is 52.6. The number of rotatable bonds is 64. The van der Waals surface area contributed by atoms with E-state index in [9.17, 15) is 28.8 Å². The summed E-state index contributed by atoms with van der Waals surface area (Å²) in [4.78, 5) is 74.4. The van der Waals surface area contributed by atoms with Crippen LogP contribution in [0.15, 0.2) is 82.0 Å². The van der Waals surface area contributed by atoms with E-state index < -0.39 is 69.6 Å². The van der Waals surface area contributed by atoms with Gasteiger partial charge in [0.1, 0.15) is 0 Å². The monoisotopic (exact) mass is 1710 g/mol. The first-order chi connectivity index (χ1) is 48.1. The van der Waals surface area contributed by atoms with Gasteiger partial charge < -0.3 is 0 Å². The second-order valence-electron chi connectivity index (χ2n) is 27.8. The predicted molar refractivity (Wildman–Crippen MR) is 421 cm³/mol. The van der Waals surface area contributed by atoms with Crippen LogP contribution in [0.25, 0.3) is 0 Å². The van der Waals surface area contributed by atoms with E-state index in [1.165, 1.54) is 232 Å². The molecular weight excluding hydrogens is 1560 g/mol. The molecule has 0 spiro atoms. The van der Waals surface area contributed by atoms with Crippen molar-refractivity contribution < 1.29 is 47.2 Å². The van der Waals surface area contributed by atoms with Crippen molar-refractivity contribution in [1.82, 2.24) is 0 Å². The molecule has 15 heteroatoms. The van der Waals surface area contributed by atoms with Gasteiger partial charge in [-0.1, -0.05) is 27.7 Å². The molecule has 0 aliphatic carbocycles. The molecule has 2 aromatic rings. The Morgan fingerprint density at radius 3 is 0.697 bits per heavy atom. The zero-order chi connectivity index (χ0) is 73.0. The molecule has 0 radical (unpaired) electrons. The van der Waals surface area contributed by atoms with Crippen LogP contribution < -0.4 is 7.16 Å². The van der Waals surface area contributed by atoms with Crippen LogP contribution in [-0.4, -0.2) is 93.4 Å². The molecule has 0 amide bonds. The quantitative estimate of drug-likeness (QED) is 0.0457. The zero-order valence-corrected chi connectivity index (χ0v) is 73.5. The van der Waals surface area contributed by atoms with Crippen LogP contribution in [0.4, 0.5) is 0 Å². The predicted octanol–water partition coefficient (Wildman–Crippen LogP) is 24.3. The Morgan fingerprint density at radius 1 is 0.283 bits per heavy atom. The number of carbonyl (C=O) groups is 6. The Hall–Kier alpha value is -2.86. The van der Waals surface area contributed by atoms with Crippen LogP contribution in [0.3, 0.4) is 0 Å². The fraction of sp³-hybridized carbons (Fsp3) is 0.738. The fourth-order valence-electron chi connectivity index (χ4n) is 12.4. The van der Waals surface area contributed by atoms with Crippen molar-refractivity contribution >= 4 is 101 Å². The third-order valence-electron chi connectivity index (χ3n) is 18.4. The van der Waals surface area contributed by atoms with E-state index in [0.29, 0.717) is 25.7 Å². The standard InChI is InChI=1S/4C12H24O2.2C8H17.2C6H5.2C2H4O2.2C2H3.3Sn/c4*1-2-3-4-5-6-7-8-9-10-11-12(13)14;2*1-3-5-7-8-6-4-2;2*1-2-4-6-5-3-1;2*1-2(3)4;2*1-2;;;/h4*2-11H2,1H3,(H,13,14);2*1,3-8H2,2H3;2*1-5H;2*1H3,(H,3,4);2*1H,2H2;;;/q;;;;;;;;;;;;3*+2/p-6. The van der Waals surface area contributed by atoms with Crippen molar-refractivity contribution in [2.24, 2.45) is 0 Å². The van der Waals surface area contributed by atoms with Crippen molar-refractivity contribution in [1.29, 1.82) is 0 Å². The summed E-state index contributed by atoms with van der Waals surface area (Å²) in [6.07, 6.45) is 59.9. The van der Waals surface area contributed by atoms with Gasteiger partial charge in [-0.2, -0.15) is 0 Å². The normalized spacial score (nSPS) is 11.3. The van der Waals surface area contributed by atoms with E-state index in [0.717, 1.165) is 106 Å². The van der Waals surface area contributed by atoms with Gasteiger partial charge in [-0.05, 0) is 0 Å². The molecule has 99 heavy (non-hydrogen) atoms. The second kappa shape index (κ2) is 68.3. The first kappa shape index (κ1) is 96.1. The SMILES string of the molecule is C=[CH][Sn]([CH]=C)([O]C(=O)CCCCCCCCCCC)[O]C(=O)CCCCCCCCCCC.CC(=O)[O][Sn]([O]C(C)=O)([c]1ccccc1)[c]1ccccc1.CCCCCCCCCCCC(=O)[O][Sn]([CH2]CCCCCCC)([CH2]CCCCCCC)[O]C(=O)CCCCCCCCCCC. The maximum atomic E-state index is 13.3. The van der Waals surface area contributed by atoms with E-state index in [4.69, 9.17) is 18.4 Å². The fourth-order valence-corrected chi connectivity index (χ4v) is 34.3. The van der Waals surface area contributed by atoms with Crippen molar-refractivity contribution in [3.05, 3.63) is 82.0 Å². The average molecular weight is 1710 g/mol. The Bertz CT molecular complexity index is 2120. The van der Waals surface area contributed by atoms with Gasteiger partial charge in [-0.3, -0.25) is 0 Å². The molecule has 0 aliphatic heterocycles. The summed E-state index contributed by atoms with van der Waals surface area (Å²) in [5.74, 6) is -1.63. The molecule has 0 unspecified atom stereocenters. The number of hydrogen-bond acceptors (Lipinski definition) is 12. The van der Waals surface area contributed by atoms with E-state index in [1.54, 1.807) is 8.18 Å². The Kier molecular flexibility index (Phi) is 66.3. The summed E-state index contributed by atoms with van der Waals surface area (Å²) in [5, 5.41) is 0. The summed E-state index contributed by atoms with van der Waals surface area (Å²) < 4.78 is 41.9. The molecule has 0 atom stereocenters. The van der Waals surface area contributed by atoms with Gasteiger partial charge in [0.2, 0.25) is 0 Å². The average Bonchev–Trinajstić information content (AvgIpc) is 0.780. The van der Waals surface area contributed by atoms with E-state index in [2.05, 4.69) is 54.7 Å². The van der Waals surface area contributed by atoms with Gasteiger partial charge in [0.15, 0.2) is 0 Å². The van der Waals surface area contributed by atoms with Crippen LogP contribution in [0, 0.1) is 0 Å². The molecule has 2 rings (SSSR count). The van der Waals surface area contributed by atoms with Crippen LogP contribution in [0.5, 0.6) is 0 Å². The molecule has 12 nitrogen and oxygen atoms in total. The summed E-state index contributed by atoms with van der Waals surface area (Å²) >= 11 is -12.3. The van der Waals surface area contributed by atoms with Crippen LogP contribution >= 0.6 is 0 Å². The molecular formula is C84H148O12Sn3. The minimum Gasteiger partial charge on any atom is -0.0654 e. The summed E-state index contributed by atoms with van der Waals surface area (Å²) in [6.45, 7) is 23.7. The van der Waals surface area contributed by atoms with Gasteiger partial charge in [0.05, 0.1) is 0 Å². The van der Waals surface area contributed by atoms with Crippen molar-refractivity contribution in [3.8, 4) is 0 Å². The summed E-state index contributed by atoms with van der Waals surface area (Å²) in [7, 11) is 0. The van der Waals surface area contributed by atoms with E-state index in [-0.39, 0.29) is 23.9 Å². The van der Waals surface area contributed by atoms with Gasteiger partial charge in [-0.25, -0.2) is 0 Å². The van der Waals surface area contributed by atoms with Crippen molar-refractivity contribution in [2.75, 3.05) is 0 Å². The topological polar surface area (TPSA) is 158 Å². The number of benzene rings is 2. The number of unbranched alkanes of at least 4 members (excludes halogenated alkanes) is 42. The zero-order valence-electron chi connectivity index (χ0n) is 64.9. The van der Waals surface area contributed by atoms with Crippen molar-refractivity contribution in [2.45, 2.75) is 398 Å². The molecule has 0 aliphatic rings. The summed E-state index contributed by atoms with van der Waals surface area (Å²) in [6, 6.07) is 18.5. The number of carbonyl (C=O) groups excluding carboxylic acids is 6. The molecule has 0 bridgehead atoms. The minimum absolute atomic E-state index is 0.0819. The van der Waals surface area contributed by atoms with Crippen LogP contribution in [0.1, 0.15) is 389 Å². The van der Waals surface area contributed by atoms with Gasteiger partial charge in [0, 0.05) is 0 Å². The Morgan fingerprint density at radius 2 is 0.485 bits per heavy atom. The first-order valence-corrected chi connectivity index (χ1v) is 57.9. The Labute approximate surface area is 622 Å². The number of hydrogen-bond donors (Lipinski definition) is 0. The summed E-state index contributed by atoms with van der Waals surface area (Å²) in [5.41, 5.74) is 0. The molecule has 0 N–H and O–H groups in total. The van der Waals surface area contributed by atoms with Gasteiger partial charge in [0.25, 0.3) is 0 Å². The van der Waals surface area contributed by atoms with E-state index in [1.807, 2.05) is 60.7 Å². The van der Waals surface area contributed by atoms with Crippen molar-refractivity contribution in [3.63, 3.8) is 0 Å². The van der Waals surface area contributed by atoms with Crippen LogP contribution in [-0.2, 0) is 47.2 Å². The van der Waals surface area contributed by atoms with Gasteiger partial charge in [-0.15, -0.1) is 0 Å². The molecule has 0 heterocycles. The Balaban J connectivity index is 0.00000155.